The summed E-state index contributed by atoms with van der Waals surface area (Å²) in [6.07, 6.45) is 3.30. The van der Waals surface area contributed by atoms with Crippen molar-refractivity contribution in [3.63, 3.8) is 0 Å². The normalized spacial score (nSPS) is 13.1. The van der Waals surface area contributed by atoms with Crippen LogP contribution in [-0.4, -0.2) is 13.4 Å². The molecule has 1 atom stereocenters. The van der Waals surface area contributed by atoms with E-state index in [1.807, 2.05) is 37.3 Å². The Kier molecular flexibility index (Phi) is 3.92. The van der Waals surface area contributed by atoms with Gasteiger partial charge in [0.15, 0.2) is 0 Å². The van der Waals surface area contributed by atoms with Crippen molar-refractivity contribution in [3.05, 3.63) is 72.6 Å². The van der Waals surface area contributed by atoms with E-state index in [9.17, 15) is 8.42 Å². The molecule has 1 aromatic heterocycles. The van der Waals surface area contributed by atoms with E-state index in [0.717, 1.165) is 16.3 Å². The SMILES string of the molecule is C[C@H](NS(=O)(=O)c1ccc2ccccc2c1)c1ccncc1. The predicted molar refractivity (Wildman–Crippen MR) is 86.9 cm³/mol. The van der Waals surface area contributed by atoms with Crippen LogP contribution >= 0.6 is 0 Å². The zero-order valence-corrected chi connectivity index (χ0v) is 12.9. The van der Waals surface area contributed by atoms with E-state index in [-0.39, 0.29) is 10.9 Å². The molecule has 3 aromatic rings. The van der Waals surface area contributed by atoms with Gasteiger partial charge in [0.25, 0.3) is 0 Å². The lowest BCUT2D eigenvalue weighted by molar-refractivity contribution is 0.567. The summed E-state index contributed by atoms with van der Waals surface area (Å²) in [6, 6.07) is 16.1. The molecule has 112 valence electrons. The van der Waals surface area contributed by atoms with Gasteiger partial charge in [0.05, 0.1) is 4.90 Å². The van der Waals surface area contributed by atoms with E-state index < -0.39 is 10.0 Å². The second-order valence-corrected chi connectivity index (χ2v) is 6.85. The van der Waals surface area contributed by atoms with Crippen molar-refractivity contribution in [2.24, 2.45) is 0 Å². The molecule has 0 aliphatic heterocycles. The van der Waals surface area contributed by atoms with Gasteiger partial charge in [-0.25, -0.2) is 13.1 Å². The van der Waals surface area contributed by atoms with Crippen LogP contribution in [-0.2, 0) is 10.0 Å². The van der Waals surface area contributed by atoms with Gasteiger partial charge in [-0.3, -0.25) is 4.98 Å². The third-order valence-electron chi connectivity index (χ3n) is 3.57. The van der Waals surface area contributed by atoms with E-state index in [1.54, 1.807) is 36.7 Å². The maximum atomic E-state index is 12.5. The molecule has 1 heterocycles. The second-order valence-electron chi connectivity index (χ2n) is 5.13. The Hall–Kier alpha value is -2.24. The van der Waals surface area contributed by atoms with Gasteiger partial charge in [-0.1, -0.05) is 30.3 Å². The fraction of sp³-hybridized carbons (Fsp3) is 0.118. The summed E-state index contributed by atoms with van der Waals surface area (Å²) >= 11 is 0. The lowest BCUT2D eigenvalue weighted by Gasteiger charge is -2.14. The van der Waals surface area contributed by atoms with Crippen molar-refractivity contribution < 1.29 is 8.42 Å². The van der Waals surface area contributed by atoms with E-state index in [2.05, 4.69) is 9.71 Å². The largest absolute Gasteiger partial charge is 0.265 e. The first-order valence-corrected chi connectivity index (χ1v) is 8.46. The molecule has 1 N–H and O–H groups in total. The van der Waals surface area contributed by atoms with Crippen LogP contribution in [0.15, 0.2) is 71.9 Å². The highest BCUT2D eigenvalue weighted by Gasteiger charge is 2.18. The van der Waals surface area contributed by atoms with Gasteiger partial charge in [-0.05, 0) is 47.5 Å². The number of benzene rings is 2. The highest BCUT2D eigenvalue weighted by Crippen LogP contribution is 2.21. The first-order chi connectivity index (χ1) is 10.6. The number of nitrogens with zero attached hydrogens (tertiary/aromatic N) is 1. The van der Waals surface area contributed by atoms with E-state index >= 15 is 0 Å². The number of nitrogens with one attached hydrogen (secondary N) is 1. The molecule has 0 spiro atoms. The maximum absolute atomic E-state index is 12.5. The summed E-state index contributed by atoms with van der Waals surface area (Å²) < 4.78 is 27.8. The Morgan fingerprint density at radius 3 is 2.36 bits per heavy atom. The minimum Gasteiger partial charge on any atom is -0.265 e. The maximum Gasteiger partial charge on any atom is 0.241 e. The molecule has 0 saturated carbocycles. The van der Waals surface area contributed by atoms with Crippen molar-refractivity contribution >= 4 is 20.8 Å². The van der Waals surface area contributed by atoms with Crippen LogP contribution in [0.3, 0.4) is 0 Å². The van der Waals surface area contributed by atoms with Crippen molar-refractivity contribution in [3.8, 4) is 0 Å². The minimum absolute atomic E-state index is 0.270. The first kappa shape index (κ1) is 14.7. The number of rotatable bonds is 4. The molecule has 0 aliphatic carbocycles. The van der Waals surface area contributed by atoms with Crippen molar-refractivity contribution in [1.82, 2.24) is 9.71 Å². The highest BCUT2D eigenvalue weighted by molar-refractivity contribution is 7.89. The third kappa shape index (κ3) is 3.00. The monoisotopic (exact) mass is 312 g/mol. The lowest BCUT2D eigenvalue weighted by Crippen LogP contribution is -2.26. The Bertz CT molecular complexity index is 893. The molecule has 0 radical (unpaired) electrons. The number of hydrogen-bond acceptors (Lipinski definition) is 3. The molecule has 22 heavy (non-hydrogen) atoms. The van der Waals surface area contributed by atoms with E-state index in [1.165, 1.54) is 0 Å². The van der Waals surface area contributed by atoms with Crippen LogP contribution in [0.25, 0.3) is 10.8 Å². The third-order valence-corrected chi connectivity index (χ3v) is 5.11. The highest BCUT2D eigenvalue weighted by atomic mass is 32.2. The Morgan fingerprint density at radius 2 is 1.64 bits per heavy atom. The molecule has 2 aromatic carbocycles. The average Bonchev–Trinajstić information content (AvgIpc) is 2.55. The molecule has 5 heteroatoms. The first-order valence-electron chi connectivity index (χ1n) is 6.97. The molecule has 0 aliphatic rings. The summed E-state index contributed by atoms with van der Waals surface area (Å²) in [5, 5.41) is 1.92. The Labute approximate surface area is 129 Å². The molecule has 3 rings (SSSR count). The van der Waals surface area contributed by atoms with Crippen molar-refractivity contribution in [2.45, 2.75) is 17.9 Å². The molecule has 0 bridgehead atoms. The zero-order chi connectivity index (χ0) is 15.6. The average molecular weight is 312 g/mol. The molecular formula is C17H16N2O2S. The summed E-state index contributed by atoms with van der Waals surface area (Å²) in [5.41, 5.74) is 0.874. The van der Waals surface area contributed by atoms with E-state index in [0.29, 0.717) is 0 Å². The summed E-state index contributed by atoms with van der Waals surface area (Å²) in [7, 11) is -3.57. The van der Waals surface area contributed by atoms with Gasteiger partial charge in [0.2, 0.25) is 10.0 Å². The van der Waals surface area contributed by atoms with Crippen LogP contribution < -0.4 is 4.72 Å². The van der Waals surface area contributed by atoms with Gasteiger partial charge in [-0.15, -0.1) is 0 Å². The minimum atomic E-state index is -3.57. The van der Waals surface area contributed by atoms with Crippen molar-refractivity contribution in [2.75, 3.05) is 0 Å². The van der Waals surface area contributed by atoms with Gasteiger partial charge in [0, 0.05) is 18.4 Å². The van der Waals surface area contributed by atoms with Crippen LogP contribution in [0.4, 0.5) is 0 Å². The number of hydrogen-bond donors (Lipinski definition) is 1. The molecular weight excluding hydrogens is 296 g/mol. The summed E-state index contributed by atoms with van der Waals surface area (Å²) in [5.74, 6) is 0. The second kappa shape index (κ2) is 5.87. The molecule has 0 saturated heterocycles. The summed E-state index contributed by atoms with van der Waals surface area (Å²) in [6.45, 7) is 1.81. The fourth-order valence-corrected chi connectivity index (χ4v) is 3.62. The predicted octanol–water partition coefficient (Wildman–Crippen LogP) is 3.27. The van der Waals surface area contributed by atoms with Crippen LogP contribution in [0, 0.1) is 0 Å². The van der Waals surface area contributed by atoms with Crippen molar-refractivity contribution in [1.29, 1.82) is 0 Å². The number of aromatic nitrogens is 1. The molecule has 0 amide bonds. The number of pyridine rings is 1. The van der Waals surface area contributed by atoms with Gasteiger partial charge >= 0.3 is 0 Å². The number of fused-ring (bicyclic) bond motifs is 1. The molecule has 4 nitrogen and oxygen atoms in total. The number of sulfonamides is 1. The Balaban J connectivity index is 1.91. The Morgan fingerprint density at radius 1 is 0.955 bits per heavy atom. The molecule has 0 unspecified atom stereocenters. The smallest absolute Gasteiger partial charge is 0.241 e. The zero-order valence-electron chi connectivity index (χ0n) is 12.1. The fourth-order valence-electron chi connectivity index (χ4n) is 2.36. The molecule has 0 fully saturated rings. The van der Waals surface area contributed by atoms with Gasteiger partial charge in [-0.2, -0.15) is 0 Å². The topological polar surface area (TPSA) is 59.1 Å². The summed E-state index contributed by atoms with van der Waals surface area (Å²) in [4.78, 5) is 4.21. The van der Waals surface area contributed by atoms with Crippen LogP contribution in [0.1, 0.15) is 18.5 Å². The quantitative estimate of drug-likeness (QED) is 0.804. The standard InChI is InChI=1S/C17H16N2O2S/c1-13(14-8-10-18-11-9-14)19-22(20,21)17-7-6-15-4-2-3-5-16(15)12-17/h2-13,19H,1H3/t13-/m0/s1. The van der Waals surface area contributed by atoms with Gasteiger partial charge in [0.1, 0.15) is 0 Å². The van der Waals surface area contributed by atoms with Gasteiger partial charge < -0.3 is 0 Å². The lowest BCUT2D eigenvalue weighted by atomic mass is 10.1. The van der Waals surface area contributed by atoms with E-state index in [4.69, 9.17) is 0 Å². The van der Waals surface area contributed by atoms with Crippen LogP contribution in [0.2, 0.25) is 0 Å². The van der Waals surface area contributed by atoms with Crippen LogP contribution in [0.5, 0.6) is 0 Å².